The number of hydrogen-bond donors (Lipinski definition) is 0. The molecule has 1 aromatic heterocycles. The second kappa shape index (κ2) is 8.42. The van der Waals surface area contributed by atoms with Crippen LogP contribution in [0.5, 0.6) is 11.5 Å². The smallest absolute Gasteiger partial charge is 0.161 e. The van der Waals surface area contributed by atoms with E-state index in [-0.39, 0.29) is 0 Å². The number of pyridine rings is 1. The fourth-order valence-electron chi connectivity index (χ4n) is 2.28. The molecule has 3 rings (SSSR count). The highest BCUT2D eigenvalue weighted by Gasteiger charge is 2.02. The second-order valence-corrected chi connectivity index (χ2v) is 5.34. The van der Waals surface area contributed by atoms with Crippen molar-refractivity contribution < 1.29 is 9.47 Å². The van der Waals surface area contributed by atoms with Gasteiger partial charge in [0.05, 0.1) is 14.2 Å². The largest absolute Gasteiger partial charge is 0.493 e. The zero-order chi connectivity index (χ0) is 18.2. The molecule has 3 nitrogen and oxygen atoms in total. The summed E-state index contributed by atoms with van der Waals surface area (Å²) in [6.07, 6.45) is 0. The van der Waals surface area contributed by atoms with E-state index in [1.165, 1.54) is 0 Å². The van der Waals surface area contributed by atoms with Crippen molar-refractivity contribution in [2.24, 2.45) is 0 Å². The monoisotopic (exact) mass is 339 g/mol. The minimum absolute atomic E-state index is 0.648. The number of methoxy groups -OCH3 is 2. The van der Waals surface area contributed by atoms with E-state index in [0.717, 1.165) is 11.1 Å². The SMILES string of the molecule is COc1ccc(C#Cc2cccc(C#Cc3ccccc3)n2)cc1OC. The maximum atomic E-state index is 5.30. The summed E-state index contributed by atoms with van der Waals surface area (Å²) in [5.74, 6) is 13.6. The predicted octanol–water partition coefficient (Wildman–Crippen LogP) is 3.90. The third kappa shape index (κ3) is 4.44. The van der Waals surface area contributed by atoms with Gasteiger partial charge in [-0.15, -0.1) is 0 Å². The fraction of sp³-hybridized carbons (Fsp3) is 0.0870. The van der Waals surface area contributed by atoms with Gasteiger partial charge in [0.25, 0.3) is 0 Å². The third-order valence-corrected chi connectivity index (χ3v) is 3.58. The highest BCUT2D eigenvalue weighted by molar-refractivity contribution is 5.50. The Hall–Kier alpha value is -3.69. The van der Waals surface area contributed by atoms with Crippen LogP contribution in [0.25, 0.3) is 0 Å². The normalized spacial score (nSPS) is 9.31. The van der Waals surface area contributed by atoms with Crippen LogP contribution in [-0.2, 0) is 0 Å². The number of aromatic nitrogens is 1. The first-order valence-corrected chi connectivity index (χ1v) is 8.06. The molecule has 0 N–H and O–H groups in total. The van der Waals surface area contributed by atoms with E-state index in [2.05, 4.69) is 28.7 Å². The maximum Gasteiger partial charge on any atom is 0.161 e. The summed E-state index contributed by atoms with van der Waals surface area (Å²) in [7, 11) is 3.21. The highest BCUT2D eigenvalue weighted by Crippen LogP contribution is 2.27. The molecular weight excluding hydrogens is 322 g/mol. The van der Waals surface area contributed by atoms with Gasteiger partial charge in [-0.1, -0.05) is 36.1 Å². The minimum Gasteiger partial charge on any atom is -0.493 e. The van der Waals surface area contributed by atoms with Crippen LogP contribution in [0.3, 0.4) is 0 Å². The molecule has 0 atom stereocenters. The van der Waals surface area contributed by atoms with Gasteiger partial charge < -0.3 is 9.47 Å². The zero-order valence-corrected chi connectivity index (χ0v) is 14.6. The molecule has 126 valence electrons. The Bertz CT molecular complexity index is 1020. The molecule has 3 heteroatoms. The molecule has 0 aliphatic rings. The second-order valence-electron chi connectivity index (χ2n) is 5.34. The van der Waals surface area contributed by atoms with Crippen LogP contribution in [0.4, 0.5) is 0 Å². The average Bonchev–Trinajstić information content (AvgIpc) is 2.71. The van der Waals surface area contributed by atoms with Crippen LogP contribution < -0.4 is 9.47 Å². The molecule has 0 radical (unpaired) electrons. The van der Waals surface area contributed by atoms with Crippen molar-refractivity contribution in [1.29, 1.82) is 0 Å². The van der Waals surface area contributed by atoms with Crippen LogP contribution in [0.1, 0.15) is 22.5 Å². The van der Waals surface area contributed by atoms with Gasteiger partial charge in [0, 0.05) is 11.1 Å². The van der Waals surface area contributed by atoms with Gasteiger partial charge in [-0.25, -0.2) is 4.98 Å². The van der Waals surface area contributed by atoms with E-state index in [1.807, 2.05) is 66.7 Å². The van der Waals surface area contributed by atoms with Crippen LogP contribution in [0, 0.1) is 23.7 Å². The zero-order valence-electron chi connectivity index (χ0n) is 14.6. The Kier molecular flexibility index (Phi) is 5.55. The fourth-order valence-corrected chi connectivity index (χ4v) is 2.28. The quantitative estimate of drug-likeness (QED) is 0.664. The van der Waals surface area contributed by atoms with Gasteiger partial charge in [0.1, 0.15) is 11.4 Å². The lowest BCUT2D eigenvalue weighted by Gasteiger charge is -2.06. The van der Waals surface area contributed by atoms with Crippen LogP contribution in [0.15, 0.2) is 66.7 Å². The Morgan fingerprint density at radius 1 is 0.615 bits per heavy atom. The van der Waals surface area contributed by atoms with Gasteiger partial charge in [-0.3, -0.25) is 0 Å². The Labute approximate surface area is 153 Å². The molecule has 0 saturated carbocycles. The van der Waals surface area contributed by atoms with Gasteiger partial charge in [-0.05, 0) is 54.3 Å². The van der Waals surface area contributed by atoms with Crippen molar-refractivity contribution in [3.63, 3.8) is 0 Å². The topological polar surface area (TPSA) is 31.4 Å². The van der Waals surface area contributed by atoms with Gasteiger partial charge in [0.2, 0.25) is 0 Å². The molecule has 1 heterocycles. The first kappa shape index (κ1) is 17.1. The first-order chi connectivity index (χ1) is 12.8. The number of nitrogens with zero attached hydrogens (tertiary/aromatic N) is 1. The lowest BCUT2D eigenvalue weighted by atomic mass is 10.2. The Balaban J connectivity index is 1.82. The summed E-state index contributed by atoms with van der Waals surface area (Å²) >= 11 is 0. The van der Waals surface area contributed by atoms with E-state index in [1.54, 1.807) is 14.2 Å². The van der Waals surface area contributed by atoms with Crippen molar-refractivity contribution in [3.05, 3.63) is 89.2 Å². The molecule has 0 bridgehead atoms. The number of ether oxygens (including phenoxy) is 2. The van der Waals surface area contributed by atoms with Crippen molar-refractivity contribution in [2.45, 2.75) is 0 Å². The summed E-state index contributed by atoms with van der Waals surface area (Å²) in [5, 5.41) is 0. The molecule has 3 aromatic rings. The van der Waals surface area contributed by atoms with Gasteiger partial charge in [0.15, 0.2) is 11.5 Å². The summed E-state index contributed by atoms with van der Waals surface area (Å²) < 4.78 is 10.5. The van der Waals surface area contributed by atoms with Crippen molar-refractivity contribution in [3.8, 4) is 35.2 Å². The van der Waals surface area contributed by atoms with Gasteiger partial charge in [-0.2, -0.15) is 0 Å². The standard InChI is InChI=1S/C23H17NO2/c1-25-22-16-13-19(17-23(22)26-2)12-15-21-10-6-9-20(24-21)14-11-18-7-4-3-5-8-18/h3-10,13,16-17H,1-2H3. The molecule has 0 aliphatic heterocycles. The molecule has 0 spiro atoms. The first-order valence-electron chi connectivity index (χ1n) is 8.06. The molecule has 0 unspecified atom stereocenters. The summed E-state index contributed by atoms with van der Waals surface area (Å²) in [6, 6.07) is 21.0. The summed E-state index contributed by atoms with van der Waals surface area (Å²) in [5.41, 5.74) is 3.13. The van der Waals surface area contributed by atoms with E-state index in [0.29, 0.717) is 22.9 Å². The average molecular weight is 339 g/mol. The number of benzene rings is 2. The van der Waals surface area contributed by atoms with Crippen LogP contribution >= 0.6 is 0 Å². The predicted molar refractivity (Wildman–Crippen MR) is 102 cm³/mol. The van der Waals surface area contributed by atoms with E-state index in [9.17, 15) is 0 Å². The lowest BCUT2D eigenvalue weighted by Crippen LogP contribution is -1.91. The van der Waals surface area contributed by atoms with E-state index in [4.69, 9.17) is 9.47 Å². The molecular formula is C23H17NO2. The van der Waals surface area contributed by atoms with Crippen molar-refractivity contribution in [2.75, 3.05) is 14.2 Å². The third-order valence-electron chi connectivity index (χ3n) is 3.58. The number of hydrogen-bond acceptors (Lipinski definition) is 3. The molecule has 2 aromatic carbocycles. The van der Waals surface area contributed by atoms with Crippen molar-refractivity contribution in [1.82, 2.24) is 4.98 Å². The highest BCUT2D eigenvalue weighted by atomic mass is 16.5. The maximum absolute atomic E-state index is 5.30. The molecule has 0 amide bonds. The van der Waals surface area contributed by atoms with E-state index >= 15 is 0 Å². The van der Waals surface area contributed by atoms with Crippen LogP contribution in [0.2, 0.25) is 0 Å². The van der Waals surface area contributed by atoms with Gasteiger partial charge >= 0.3 is 0 Å². The van der Waals surface area contributed by atoms with Crippen LogP contribution in [-0.4, -0.2) is 19.2 Å². The molecule has 0 fully saturated rings. The molecule has 26 heavy (non-hydrogen) atoms. The molecule has 0 saturated heterocycles. The summed E-state index contributed by atoms with van der Waals surface area (Å²) in [4.78, 5) is 4.48. The van der Waals surface area contributed by atoms with E-state index < -0.39 is 0 Å². The lowest BCUT2D eigenvalue weighted by molar-refractivity contribution is 0.355. The minimum atomic E-state index is 0.648. The molecule has 0 aliphatic carbocycles. The Morgan fingerprint density at radius 3 is 1.92 bits per heavy atom. The number of rotatable bonds is 2. The summed E-state index contributed by atoms with van der Waals surface area (Å²) in [6.45, 7) is 0. The van der Waals surface area contributed by atoms with Crippen molar-refractivity contribution >= 4 is 0 Å². The Morgan fingerprint density at radius 2 is 1.27 bits per heavy atom.